The van der Waals surface area contributed by atoms with E-state index in [1.807, 2.05) is 0 Å². The van der Waals surface area contributed by atoms with Gasteiger partial charge in [-0.1, -0.05) is 38.3 Å². The van der Waals surface area contributed by atoms with Gasteiger partial charge in [0.1, 0.15) is 0 Å². The summed E-state index contributed by atoms with van der Waals surface area (Å²) in [4.78, 5) is 2.14. The van der Waals surface area contributed by atoms with Crippen molar-refractivity contribution >= 4 is 5.69 Å². The number of hydrogen-bond acceptors (Lipinski definition) is 2. The minimum atomic E-state index is 0.951. The molecule has 1 aromatic carbocycles. The van der Waals surface area contributed by atoms with Crippen LogP contribution in [0.3, 0.4) is 0 Å². The second kappa shape index (κ2) is 7.68. The molecule has 1 saturated carbocycles. The fourth-order valence-corrected chi connectivity index (χ4v) is 3.27. The van der Waals surface area contributed by atoms with E-state index in [4.69, 9.17) is 0 Å². The molecular weight excluding hydrogens is 244 g/mol. The molecule has 0 bridgehead atoms. The second-order valence-electron chi connectivity index (χ2n) is 6.66. The molecule has 2 atom stereocenters. The number of nitrogens with one attached hydrogen (secondary N) is 1. The third-order valence-electron chi connectivity index (χ3n) is 4.56. The first-order valence-corrected chi connectivity index (χ1v) is 8.12. The van der Waals surface area contributed by atoms with Gasteiger partial charge in [-0.25, -0.2) is 0 Å². The van der Waals surface area contributed by atoms with Crippen LogP contribution in [0.25, 0.3) is 0 Å². The van der Waals surface area contributed by atoms with Crippen LogP contribution in [0, 0.1) is 11.8 Å². The fourth-order valence-electron chi connectivity index (χ4n) is 3.27. The summed E-state index contributed by atoms with van der Waals surface area (Å²) in [6.07, 6.45) is 7.13. The summed E-state index contributed by atoms with van der Waals surface area (Å²) in [5.74, 6) is 1.91. The molecule has 0 radical (unpaired) electrons. The second-order valence-corrected chi connectivity index (χ2v) is 6.66. The van der Waals surface area contributed by atoms with Gasteiger partial charge in [0.05, 0.1) is 0 Å². The van der Waals surface area contributed by atoms with Crippen LogP contribution < -0.4 is 10.2 Å². The Bertz CT molecular complexity index is 383. The lowest BCUT2D eigenvalue weighted by atomic mass is 9.81. The van der Waals surface area contributed by atoms with E-state index >= 15 is 0 Å². The van der Waals surface area contributed by atoms with E-state index in [9.17, 15) is 0 Å². The highest BCUT2D eigenvalue weighted by atomic mass is 15.1. The highest BCUT2D eigenvalue weighted by molar-refractivity contribution is 5.45. The van der Waals surface area contributed by atoms with Gasteiger partial charge in [-0.3, -0.25) is 0 Å². The van der Waals surface area contributed by atoms with E-state index < -0.39 is 0 Å². The van der Waals surface area contributed by atoms with Gasteiger partial charge in [0.15, 0.2) is 0 Å². The molecule has 0 aliphatic heterocycles. The third-order valence-corrected chi connectivity index (χ3v) is 4.56. The summed E-state index contributed by atoms with van der Waals surface area (Å²) in [6, 6.07) is 8.84. The molecule has 2 heteroatoms. The molecule has 1 fully saturated rings. The zero-order valence-corrected chi connectivity index (χ0v) is 13.4. The third kappa shape index (κ3) is 4.82. The summed E-state index contributed by atoms with van der Waals surface area (Å²) < 4.78 is 0. The first-order chi connectivity index (χ1) is 9.65. The number of anilines is 1. The van der Waals surface area contributed by atoms with E-state index in [0.717, 1.165) is 24.9 Å². The van der Waals surface area contributed by atoms with Crippen LogP contribution in [-0.2, 0) is 6.54 Å². The Labute approximate surface area is 124 Å². The van der Waals surface area contributed by atoms with Crippen LogP contribution in [0.15, 0.2) is 24.3 Å². The summed E-state index contributed by atoms with van der Waals surface area (Å²) in [7, 11) is 4.16. The zero-order valence-electron chi connectivity index (χ0n) is 13.4. The predicted molar refractivity (Wildman–Crippen MR) is 88.2 cm³/mol. The molecule has 0 spiro atoms. The Morgan fingerprint density at radius 2 is 1.90 bits per heavy atom. The first-order valence-electron chi connectivity index (χ1n) is 8.12. The minimum Gasteiger partial charge on any atom is -0.378 e. The highest BCUT2D eigenvalue weighted by Gasteiger charge is 2.17. The van der Waals surface area contributed by atoms with E-state index in [1.165, 1.54) is 43.4 Å². The SMILES string of the molecule is CC1CCCC(CCNCc2ccc(N(C)C)cc2)C1. The Balaban J connectivity index is 1.65. The van der Waals surface area contributed by atoms with Crippen molar-refractivity contribution in [2.24, 2.45) is 11.8 Å². The first kappa shape index (κ1) is 15.4. The van der Waals surface area contributed by atoms with Crippen LogP contribution in [-0.4, -0.2) is 20.6 Å². The Hall–Kier alpha value is -1.02. The molecule has 0 aromatic heterocycles. The molecule has 0 amide bonds. The lowest BCUT2D eigenvalue weighted by Gasteiger charge is -2.26. The zero-order chi connectivity index (χ0) is 14.4. The molecule has 2 unspecified atom stereocenters. The quantitative estimate of drug-likeness (QED) is 0.787. The Kier molecular flexibility index (Phi) is 5.90. The summed E-state index contributed by atoms with van der Waals surface area (Å²) in [5.41, 5.74) is 2.65. The molecule has 1 aliphatic carbocycles. The molecule has 1 N–H and O–H groups in total. The molecule has 0 saturated heterocycles. The Morgan fingerprint density at radius 3 is 2.55 bits per heavy atom. The highest BCUT2D eigenvalue weighted by Crippen LogP contribution is 2.30. The monoisotopic (exact) mass is 274 g/mol. The van der Waals surface area contributed by atoms with Crippen molar-refractivity contribution in [2.75, 3.05) is 25.5 Å². The number of nitrogens with zero attached hydrogens (tertiary/aromatic N) is 1. The molecule has 20 heavy (non-hydrogen) atoms. The molecule has 1 aromatic rings. The van der Waals surface area contributed by atoms with Crippen molar-refractivity contribution < 1.29 is 0 Å². The largest absolute Gasteiger partial charge is 0.378 e. The van der Waals surface area contributed by atoms with Gasteiger partial charge >= 0.3 is 0 Å². The van der Waals surface area contributed by atoms with Crippen molar-refractivity contribution in [2.45, 2.75) is 45.6 Å². The maximum atomic E-state index is 3.60. The van der Waals surface area contributed by atoms with Crippen LogP contribution in [0.4, 0.5) is 5.69 Å². The van der Waals surface area contributed by atoms with Crippen molar-refractivity contribution in [3.63, 3.8) is 0 Å². The van der Waals surface area contributed by atoms with E-state index in [2.05, 4.69) is 55.5 Å². The van der Waals surface area contributed by atoms with Gasteiger partial charge in [0, 0.05) is 26.3 Å². The number of rotatable bonds is 6. The lowest BCUT2D eigenvalue weighted by Crippen LogP contribution is -2.21. The number of hydrogen-bond donors (Lipinski definition) is 1. The van der Waals surface area contributed by atoms with Gasteiger partial charge in [-0.05, 0) is 48.9 Å². The average molecular weight is 274 g/mol. The van der Waals surface area contributed by atoms with Gasteiger partial charge in [-0.15, -0.1) is 0 Å². The Morgan fingerprint density at radius 1 is 1.15 bits per heavy atom. The number of benzene rings is 1. The van der Waals surface area contributed by atoms with Gasteiger partial charge in [-0.2, -0.15) is 0 Å². The van der Waals surface area contributed by atoms with E-state index in [1.54, 1.807) is 0 Å². The predicted octanol–water partition coefficient (Wildman–Crippen LogP) is 4.06. The molecular formula is C18H30N2. The smallest absolute Gasteiger partial charge is 0.0361 e. The van der Waals surface area contributed by atoms with E-state index in [-0.39, 0.29) is 0 Å². The topological polar surface area (TPSA) is 15.3 Å². The summed E-state index contributed by atoms with van der Waals surface area (Å²) in [5, 5.41) is 3.60. The maximum Gasteiger partial charge on any atom is 0.0361 e. The van der Waals surface area contributed by atoms with Crippen LogP contribution in [0.5, 0.6) is 0 Å². The minimum absolute atomic E-state index is 0.951. The molecule has 2 rings (SSSR count). The van der Waals surface area contributed by atoms with Crippen molar-refractivity contribution in [3.8, 4) is 0 Å². The lowest BCUT2D eigenvalue weighted by molar-refractivity contribution is 0.267. The van der Waals surface area contributed by atoms with Crippen molar-refractivity contribution in [1.29, 1.82) is 0 Å². The van der Waals surface area contributed by atoms with Crippen LogP contribution in [0.2, 0.25) is 0 Å². The van der Waals surface area contributed by atoms with Crippen molar-refractivity contribution in [1.82, 2.24) is 5.32 Å². The van der Waals surface area contributed by atoms with Gasteiger partial charge in [0.25, 0.3) is 0 Å². The van der Waals surface area contributed by atoms with Crippen molar-refractivity contribution in [3.05, 3.63) is 29.8 Å². The normalized spacial score (nSPS) is 22.8. The molecule has 0 heterocycles. The van der Waals surface area contributed by atoms with Crippen LogP contribution in [0.1, 0.15) is 44.6 Å². The average Bonchev–Trinajstić information content (AvgIpc) is 2.44. The van der Waals surface area contributed by atoms with Gasteiger partial charge < -0.3 is 10.2 Å². The fraction of sp³-hybridized carbons (Fsp3) is 0.667. The van der Waals surface area contributed by atoms with Gasteiger partial charge in [0.2, 0.25) is 0 Å². The molecule has 1 aliphatic rings. The molecule has 2 nitrogen and oxygen atoms in total. The van der Waals surface area contributed by atoms with Crippen LogP contribution >= 0.6 is 0 Å². The standard InChI is InChI=1S/C18H30N2/c1-15-5-4-6-16(13-15)11-12-19-14-17-7-9-18(10-8-17)20(2)3/h7-10,15-16,19H,4-6,11-14H2,1-3H3. The maximum absolute atomic E-state index is 3.60. The summed E-state index contributed by atoms with van der Waals surface area (Å²) in [6.45, 7) is 4.56. The van der Waals surface area contributed by atoms with E-state index in [0.29, 0.717) is 0 Å². The molecule has 112 valence electrons. The summed E-state index contributed by atoms with van der Waals surface area (Å²) >= 11 is 0.